The zero-order chi connectivity index (χ0) is 31.0. The van der Waals surface area contributed by atoms with Gasteiger partial charge in [0.05, 0.1) is 11.6 Å². The molecule has 1 aliphatic carbocycles. The average molecular weight is 657 g/mol. The summed E-state index contributed by atoms with van der Waals surface area (Å²) in [5.74, 6) is 0.686. The molecule has 43 heavy (non-hydrogen) atoms. The Balaban J connectivity index is 1.38. The maximum Gasteiger partial charge on any atom is 0.407 e. The normalized spacial score (nSPS) is 17.4. The lowest BCUT2D eigenvalue weighted by Crippen LogP contribution is -2.48. The van der Waals surface area contributed by atoms with Gasteiger partial charge in [-0.2, -0.15) is 5.21 Å². The Bertz CT molecular complexity index is 1380. The minimum absolute atomic E-state index is 0.154. The number of anilines is 1. The van der Waals surface area contributed by atoms with Crippen LogP contribution in [0.1, 0.15) is 52.0 Å². The molecule has 230 valence electrons. The average Bonchev–Trinajstić information content (AvgIpc) is 3.51. The van der Waals surface area contributed by atoms with Gasteiger partial charge in [0.1, 0.15) is 17.4 Å². The van der Waals surface area contributed by atoms with Gasteiger partial charge in [-0.1, -0.05) is 6.07 Å². The Morgan fingerprint density at radius 2 is 1.79 bits per heavy atom. The van der Waals surface area contributed by atoms with Crippen LogP contribution in [0.2, 0.25) is 0 Å². The van der Waals surface area contributed by atoms with Crippen molar-refractivity contribution in [3.8, 4) is 17.1 Å². The Morgan fingerprint density at radius 3 is 2.40 bits per heavy atom. The van der Waals surface area contributed by atoms with Crippen molar-refractivity contribution in [2.75, 3.05) is 19.0 Å². The summed E-state index contributed by atoms with van der Waals surface area (Å²) in [6.45, 7) is 5.98. The number of benzene rings is 2. The van der Waals surface area contributed by atoms with E-state index >= 15 is 0 Å². The number of H-pyrrole nitrogens is 1. The van der Waals surface area contributed by atoms with Crippen molar-refractivity contribution in [2.24, 2.45) is 11.8 Å². The lowest BCUT2D eigenvalue weighted by atomic mass is 9.81. The highest BCUT2D eigenvalue weighted by molar-refractivity contribution is 9.10. The summed E-state index contributed by atoms with van der Waals surface area (Å²) >= 11 is 3.50. The molecule has 4 N–H and O–H groups in total. The van der Waals surface area contributed by atoms with Crippen LogP contribution < -0.4 is 20.7 Å². The minimum atomic E-state index is -0.809. The second kappa shape index (κ2) is 14.5. The lowest BCUT2D eigenvalue weighted by molar-refractivity contribution is -0.130. The number of rotatable bonds is 10. The molecule has 12 nitrogen and oxygen atoms in total. The van der Waals surface area contributed by atoms with Crippen molar-refractivity contribution in [3.05, 3.63) is 52.5 Å². The van der Waals surface area contributed by atoms with E-state index in [2.05, 4.69) is 52.5 Å². The van der Waals surface area contributed by atoms with E-state index in [4.69, 9.17) is 9.47 Å². The summed E-state index contributed by atoms with van der Waals surface area (Å²) in [5.41, 5.74) is 1.63. The van der Waals surface area contributed by atoms with Crippen LogP contribution in [0.4, 0.5) is 10.5 Å². The SMILES string of the molecule is COc1ccc(CC(NC(=O)C2CCC(CNC(=O)OC(C)(C)C)CC2)C(=O)Nc2ccc(-c3nn[nH]n3)cc2)cc1Br. The molecule has 0 aliphatic heterocycles. The van der Waals surface area contributed by atoms with E-state index in [9.17, 15) is 14.4 Å². The van der Waals surface area contributed by atoms with Gasteiger partial charge in [-0.3, -0.25) is 9.59 Å². The first kappa shape index (κ1) is 31.9. The van der Waals surface area contributed by atoms with Gasteiger partial charge in [0.15, 0.2) is 0 Å². The molecule has 0 bridgehead atoms. The van der Waals surface area contributed by atoms with E-state index in [0.29, 0.717) is 36.6 Å². The van der Waals surface area contributed by atoms with Gasteiger partial charge in [-0.05, 0) is 115 Å². The van der Waals surface area contributed by atoms with Crippen LogP contribution >= 0.6 is 15.9 Å². The van der Waals surface area contributed by atoms with Crippen LogP contribution in [0.3, 0.4) is 0 Å². The summed E-state index contributed by atoms with van der Waals surface area (Å²) < 4.78 is 11.4. The zero-order valence-corrected chi connectivity index (χ0v) is 26.4. The number of halogens is 1. The van der Waals surface area contributed by atoms with Crippen LogP contribution in [-0.4, -0.2) is 63.8 Å². The van der Waals surface area contributed by atoms with Crippen molar-refractivity contribution in [3.63, 3.8) is 0 Å². The highest BCUT2D eigenvalue weighted by atomic mass is 79.9. The van der Waals surface area contributed by atoms with Gasteiger partial charge in [-0.15, -0.1) is 10.2 Å². The third kappa shape index (κ3) is 9.50. The van der Waals surface area contributed by atoms with Crippen LogP contribution in [0.5, 0.6) is 5.75 Å². The summed E-state index contributed by atoms with van der Waals surface area (Å²) in [4.78, 5) is 38.9. The van der Waals surface area contributed by atoms with Gasteiger partial charge >= 0.3 is 6.09 Å². The first-order valence-corrected chi connectivity index (χ1v) is 15.0. The van der Waals surface area contributed by atoms with Gasteiger partial charge < -0.3 is 25.4 Å². The van der Waals surface area contributed by atoms with Crippen LogP contribution in [0.25, 0.3) is 11.4 Å². The minimum Gasteiger partial charge on any atom is -0.496 e. The smallest absolute Gasteiger partial charge is 0.407 e. The number of hydrogen-bond acceptors (Lipinski definition) is 8. The number of nitrogens with zero attached hydrogens (tertiary/aromatic N) is 3. The molecule has 1 heterocycles. The highest BCUT2D eigenvalue weighted by Gasteiger charge is 2.30. The van der Waals surface area contributed by atoms with Crippen molar-refractivity contribution in [1.82, 2.24) is 31.3 Å². The molecule has 4 rings (SSSR count). The second-order valence-electron chi connectivity index (χ2n) is 11.6. The summed E-state index contributed by atoms with van der Waals surface area (Å²) in [5, 5.41) is 22.7. The molecule has 0 saturated heterocycles. The maximum atomic E-state index is 13.5. The monoisotopic (exact) mass is 655 g/mol. The largest absolute Gasteiger partial charge is 0.496 e. The number of carbonyl (C=O) groups excluding carboxylic acids is 3. The number of carbonyl (C=O) groups is 3. The predicted molar refractivity (Wildman–Crippen MR) is 164 cm³/mol. The number of methoxy groups -OCH3 is 1. The fraction of sp³-hybridized carbons (Fsp3) is 0.467. The van der Waals surface area contributed by atoms with Gasteiger partial charge in [0.2, 0.25) is 17.6 Å². The Morgan fingerprint density at radius 1 is 1.07 bits per heavy atom. The van der Waals surface area contributed by atoms with Gasteiger partial charge in [0.25, 0.3) is 0 Å². The number of hydrogen-bond donors (Lipinski definition) is 4. The molecule has 3 amide bonds. The van der Waals surface area contributed by atoms with E-state index in [1.807, 2.05) is 39.0 Å². The summed E-state index contributed by atoms with van der Waals surface area (Å²) in [6.07, 6.45) is 2.79. The molecule has 13 heteroatoms. The summed E-state index contributed by atoms with van der Waals surface area (Å²) in [6, 6.07) is 11.8. The number of nitrogens with one attached hydrogen (secondary N) is 4. The molecule has 1 aliphatic rings. The quantitative estimate of drug-likeness (QED) is 0.246. The number of amides is 3. The molecule has 1 atom stereocenters. The van der Waals surface area contributed by atoms with Gasteiger partial charge in [0, 0.05) is 30.1 Å². The zero-order valence-electron chi connectivity index (χ0n) is 24.8. The third-order valence-electron chi connectivity index (χ3n) is 7.20. The number of tetrazole rings is 1. The van der Waals surface area contributed by atoms with Gasteiger partial charge in [-0.25, -0.2) is 4.79 Å². The number of alkyl carbamates (subject to hydrolysis) is 1. The molecule has 2 aromatic carbocycles. The van der Waals surface area contributed by atoms with E-state index in [0.717, 1.165) is 28.4 Å². The molecule has 3 aromatic rings. The maximum absolute atomic E-state index is 13.5. The first-order valence-electron chi connectivity index (χ1n) is 14.2. The Kier molecular flexibility index (Phi) is 10.7. The van der Waals surface area contributed by atoms with Crippen LogP contribution in [0.15, 0.2) is 46.9 Å². The Labute approximate surface area is 259 Å². The molecule has 1 saturated carbocycles. The second-order valence-corrected chi connectivity index (χ2v) is 12.5. The van der Waals surface area contributed by atoms with Crippen LogP contribution in [-0.2, 0) is 20.7 Å². The molecule has 1 aromatic heterocycles. The lowest BCUT2D eigenvalue weighted by Gasteiger charge is -2.29. The van der Waals surface area contributed by atoms with Crippen molar-refractivity contribution < 1.29 is 23.9 Å². The molecule has 0 radical (unpaired) electrons. The molecule has 1 fully saturated rings. The molecular formula is C30H38BrN7O5. The van der Waals surface area contributed by atoms with Crippen LogP contribution in [0, 0.1) is 11.8 Å². The predicted octanol–water partition coefficient (Wildman–Crippen LogP) is 4.63. The van der Waals surface area contributed by atoms with E-state index in [-0.39, 0.29) is 30.1 Å². The third-order valence-corrected chi connectivity index (χ3v) is 7.82. The fourth-order valence-electron chi connectivity index (χ4n) is 4.96. The molecular weight excluding hydrogens is 618 g/mol. The number of ether oxygens (including phenoxy) is 2. The number of aromatic amines is 1. The topological polar surface area (TPSA) is 160 Å². The van der Waals surface area contributed by atoms with Crippen molar-refractivity contribution in [2.45, 2.75) is 64.5 Å². The Hall–Kier alpha value is -4.00. The fourth-order valence-corrected chi connectivity index (χ4v) is 5.55. The molecule has 1 unspecified atom stereocenters. The van der Waals surface area contributed by atoms with E-state index in [1.54, 1.807) is 31.4 Å². The van der Waals surface area contributed by atoms with Crippen molar-refractivity contribution >= 4 is 39.5 Å². The molecule has 0 spiro atoms. The van der Waals surface area contributed by atoms with Crippen molar-refractivity contribution in [1.29, 1.82) is 0 Å². The summed E-state index contributed by atoms with van der Waals surface area (Å²) in [7, 11) is 1.59. The first-order chi connectivity index (χ1) is 20.5. The number of aromatic nitrogens is 4. The highest BCUT2D eigenvalue weighted by Crippen LogP contribution is 2.30. The van der Waals surface area contributed by atoms with E-state index < -0.39 is 17.7 Å². The standard InChI is InChI=1S/C30H38BrN7O5/c1-30(2,3)43-29(41)32-17-18-5-8-21(9-6-18)27(39)34-24(16-19-7-14-25(42-4)23(31)15-19)28(40)33-22-12-10-20(11-13-22)26-35-37-38-36-26/h7,10-15,18,21,24H,5-6,8-9,16-17H2,1-4H3,(H,32,41)(H,33,40)(H,34,39)(H,35,36,37,38). The van der Waals surface area contributed by atoms with E-state index in [1.165, 1.54) is 0 Å².